The minimum atomic E-state index is -5.12. The Hall–Kier alpha value is -2.90. The molecule has 0 spiro atoms. The van der Waals surface area contributed by atoms with Crippen LogP contribution in [0, 0.1) is 0 Å². The standard InChI is InChI=1S/C17H16F6N6O2/c18-16(19,20)9-5-25-10(6-24-9)29-3-1-2-8(7-29)13-12-14(28-27-13)26-11(30)4-15(12,31)17(21,22)23/h5-6,8,31H,1-4,7H2,(H2,26,27,28,30)/t8-,15?/m1/s1. The number of halogens is 6. The molecule has 4 rings (SSSR count). The van der Waals surface area contributed by atoms with E-state index < -0.39 is 53.3 Å². The number of aromatic amines is 1. The van der Waals surface area contributed by atoms with Gasteiger partial charge in [-0.2, -0.15) is 31.4 Å². The number of rotatable bonds is 2. The molecule has 1 amide bonds. The SMILES string of the molecule is O=C1CC(O)(C(F)(F)F)c2c(n[nH]c2[C@@H]2CCCN(c3cnc(C(F)(F)F)cn3)C2)N1. The molecule has 2 aliphatic heterocycles. The molecule has 0 radical (unpaired) electrons. The van der Waals surface area contributed by atoms with Gasteiger partial charge in [-0.25, -0.2) is 9.97 Å². The molecule has 3 N–H and O–H groups in total. The topological polar surface area (TPSA) is 107 Å². The number of carbonyl (C=O) groups excluding carboxylic acids is 1. The van der Waals surface area contributed by atoms with Gasteiger partial charge >= 0.3 is 12.4 Å². The zero-order chi connectivity index (χ0) is 22.6. The van der Waals surface area contributed by atoms with Crippen LogP contribution in [0.5, 0.6) is 0 Å². The van der Waals surface area contributed by atoms with Crippen LogP contribution in [0.1, 0.15) is 42.1 Å². The molecule has 0 aromatic carbocycles. The lowest BCUT2D eigenvalue weighted by Gasteiger charge is -2.37. The summed E-state index contributed by atoms with van der Waals surface area (Å²) in [4.78, 5) is 20.4. The lowest BCUT2D eigenvalue weighted by molar-refractivity contribution is -0.267. The van der Waals surface area contributed by atoms with E-state index in [4.69, 9.17) is 0 Å². The van der Waals surface area contributed by atoms with E-state index >= 15 is 0 Å². The van der Waals surface area contributed by atoms with Gasteiger partial charge in [0.1, 0.15) is 5.82 Å². The van der Waals surface area contributed by atoms with E-state index in [0.717, 1.165) is 6.20 Å². The number of aromatic nitrogens is 4. The lowest BCUT2D eigenvalue weighted by atomic mass is 9.81. The van der Waals surface area contributed by atoms with Crippen molar-refractivity contribution in [2.45, 2.75) is 43.1 Å². The monoisotopic (exact) mass is 450 g/mol. The molecule has 2 aromatic heterocycles. The van der Waals surface area contributed by atoms with Crippen LogP contribution in [0.15, 0.2) is 12.4 Å². The minimum absolute atomic E-state index is 0.0133. The Kier molecular flexibility index (Phi) is 4.87. The lowest BCUT2D eigenvalue weighted by Crippen LogP contribution is -2.49. The van der Waals surface area contributed by atoms with Crippen LogP contribution >= 0.6 is 0 Å². The van der Waals surface area contributed by atoms with Crippen LogP contribution in [-0.4, -0.2) is 50.4 Å². The Morgan fingerprint density at radius 1 is 1.16 bits per heavy atom. The first-order valence-corrected chi connectivity index (χ1v) is 9.22. The molecule has 1 unspecified atom stereocenters. The molecule has 2 aliphatic rings. The molecule has 0 bridgehead atoms. The highest BCUT2D eigenvalue weighted by molar-refractivity contribution is 5.94. The van der Waals surface area contributed by atoms with Gasteiger partial charge in [0.25, 0.3) is 0 Å². The number of carbonyl (C=O) groups is 1. The van der Waals surface area contributed by atoms with E-state index in [1.165, 1.54) is 0 Å². The fourth-order valence-electron chi connectivity index (χ4n) is 3.95. The van der Waals surface area contributed by atoms with Crippen molar-refractivity contribution in [2.75, 3.05) is 23.3 Å². The Bertz CT molecular complexity index is 988. The summed E-state index contributed by atoms with van der Waals surface area (Å²) >= 11 is 0. The molecule has 0 aliphatic carbocycles. The average Bonchev–Trinajstić information content (AvgIpc) is 3.11. The van der Waals surface area contributed by atoms with E-state index in [-0.39, 0.29) is 18.1 Å². The van der Waals surface area contributed by atoms with Crippen molar-refractivity contribution in [2.24, 2.45) is 0 Å². The molecule has 1 saturated heterocycles. The molecule has 31 heavy (non-hydrogen) atoms. The number of fused-ring (bicyclic) bond motifs is 1. The van der Waals surface area contributed by atoms with Gasteiger partial charge < -0.3 is 15.3 Å². The Balaban J connectivity index is 1.64. The second-order valence-electron chi connectivity index (χ2n) is 7.49. The summed E-state index contributed by atoms with van der Waals surface area (Å²) in [6.45, 7) is 0.518. The van der Waals surface area contributed by atoms with Crippen LogP contribution in [0.3, 0.4) is 0 Å². The van der Waals surface area contributed by atoms with Crippen molar-refractivity contribution in [1.29, 1.82) is 0 Å². The number of alkyl halides is 6. The van der Waals surface area contributed by atoms with Gasteiger partial charge in [-0.1, -0.05) is 0 Å². The predicted octanol–water partition coefficient (Wildman–Crippen LogP) is 2.69. The normalized spacial score (nSPS) is 24.7. The van der Waals surface area contributed by atoms with Crippen molar-refractivity contribution < 1.29 is 36.2 Å². The first-order valence-electron chi connectivity index (χ1n) is 9.22. The average molecular weight is 450 g/mol. The summed E-state index contributed by atoms with van der Waals surface area (Å²) in [5.41, 5.74) is -5.08. The number of nitrogens with zero attached hydrogens (tertiary/aromatic N) is 4. The summed E-state index contributed by atoms with van der Waals surface area (Å²) in [6, 6.07) is 0. The third-order valence-corrected chi connectivity index (χ3v) is 5.43. The van der Waals surface area contributed by atoms with Crippen molar-refractivity contribution in [1.82, 2.24) is 20.2 Å². The smallest absolute Gasteiger partial charge is 0.376 e. The summed E-state index contributed by atoms with van der Waals surface area (Å²) < 4.78 is 79.1. The fourth-order valence-corrected chi connectivity index (χ4v) is 3.95. The number of H-pyrrole nitrogens is 1. The van der Waals surface area contributed by atoms with Gasteiger partial charge in [0.15, 0.2) is 17.1 Å². The van der Waals surface area contributed by atoms with Gasteiger partial charge in [-0.05, 0) is 12.8 Å². The number of anilines is 2. The molecule has 1 fully saturated rings. The maximum atomic E-state index is 13.7. The van der Waals surface area contributed by atoms with Gasteiger partial charge in [0.05, 0.1) is 24.4 Å². The number of hydrogen-bond donors (Lipinski definition) is 3. The van der Waals surface area contributed by atoms with E-state index in [1.807, 2.05) is 0 Å². The van der Waals surface area contributed by atoms with Crippen LogP contribution < -0.4 is 10.2 Å². The number of aliphatic hydroxyl groups is 1. The highest BCUT2D eigenvalue weighted by atomic mass is 19.4. The van der Waals surface area contributed by atoms with Gasteiger partial charge in [-0.3, -0.25) is 9.89 Å². The van der Waals surface area contributed by atoms with Crippen molar-refractivity contribution in [3.63, 3.8) is 0 Å². The van der Waals surface area contributed by atoms with Crippen LogP contribution in [0.4, 0.5) is 38.0 Å². The minimum Gasteiger partial charge on any atom is -0.376 e. The molecule has 0 saturated carbocycles. The molecule has 14 heteroatoms. The first kappa shape index (κ1) is 21.3. The van der Waals surface area contributed by atoms with Gasteiger partial charge in [0, 0.05) is 24.7 Å². The maximum absolute atomic E-state index is 13.7. The number of hydrogen-bond acceptors (Lipinski definition) is 6. The molecule has 2 aromatic rings. The zero-order valence-electron chi connectivity index (χ0n) is 15.7. The largest absolute Gasteiger partial charge is 0.434 e. The third-order valence-electron chi connectivity index (χ3n) is 5.43. The van der Waals surface area contributed by atoms with Crippen molar-refractivity contribution >= 4 is 17.5 Å². The maximum Gasteiger partial charge on any atom is 0.434 e. The van der Waals surface area contributed by atoms with Crippen LogP contribution in [-0.2, 0) is 16.6 Å². The molecule has 8 nitrogen and oxygen atoms in total. The summed E-state index contributed by atoms with van der Waals surface area (Å²) in [5.74, 6) is -1.84. The molecule has 2 atom stereocenters. The van der Waals surface area contributed by atoms with E-state index in [1.54, 1.807) is 4.90 Å². The Labute approximate surface area is 170 Å². The molecular formula is C17H16F6N6O2. The summed E-state index contributed by atoms with van der Waals surface area (Å²) in [6.07, 6.45) is -8.48. The van der Waals surface area contributed by atoms with Crippen molar-refractivity contribution in [3.8, 4) is 0 Å². The van der Waals surface area contributed by atoms with Gasteiger partial charge in [-0.15, -0.1) is 0 Å². The highest BCUT2D eigenvalue weighted by Gasteiger charge is 2.61. The highest BCUT2D eigenvalue weighted by Crippen LogP contribution is 2.49. The number of amides is 1. The second kappa shape index (κ2) is 7.07. The molecule has 168 valence electrons. The van der Waals surface area contributed by atoms with E-state index in [0.29, 0.717) is 25.6 Å². The van der Waals surface area contributed by atoms with E-state index in [9.17, 15) is 36.2 Å². The fraction of sp³-hybridized carbons (Fsp3) is 0.529. The van der Waals surface area contributed by atoms with Crippen LogP contribution in [0.25, 0.3) is 0 Å². The Morgan fingerprint density at radius 3 is 2.52 bits per heavy atom. The zero-order valence-corrected chi connectivity index (χ0v) is 15.7. The number of nitrogens with one attached hydrogen (secondary N) is 2. The predicted molar refractivity (Wildman–Crippen MR) is 93.0 cm³/mol. The second-order valence-corrected chi connectivity index (χ2v) is 7.49. The van der Waals surface area contributed by atoms with Crippen molar-refractivity contribution in [3.05, 3.63) is 29.3 Å². The van der Waals surface area contributed by atoms with Gasteiger partial charge in [0.2, 0.25) is 5.91 Å². The Morgan fingerprint density at radius 2 is 1.90 bits per heavy atom. The van der Waals surface area contributed by atoms with E-state index in [2.05, 4.69) is 25.5 Å². The van der Waals surface area contributed by atoms with Crippen LogP contribution in [0.2, 0.25) is 0 Å². The summed E-state index contributed by atoms with van der Waals surface area (Å²) in [5, 5.41) is 18.9. The first-order chi connectivity index (χ1) is 14.4. The summed E-state index contributed by atoms with van der Waals surface area (Å²) in [7, 11) is 0. The third kappa shape index (κ3) is 3.68. The molecule has 4 heterocycles. The molecular weight excluding hydrogens is 434 g/mol. The quantitative estimate of drug-likeness (QED) is 0.608. The number of piperidine rings is 1.